The zero-order valence-electron chi connectivity index (χ0n) is 17.2. The first-order chi connectivity index (χ1) is 11.8. The van der Waals surface area contributed by atoms with E-state index in [1.54, 1.807) is 0 Å². The van der Waals surface area contributed by atoms with Crippen molar-refractivity contribution in [1.29, 1.82) is 0 Å². The number of rotatable bonds is 17. The van der Waals surface area contributed by atoms with Crippen LogP contribution in [0.5, 0.6) is 0 Å². The molecule has 0 saturated carbocycles. The van der Waals surface area contributed by atoms with Gasteiger partial charge in [-0.3, -0.25) is 0 Å². The summed E-state index contributed by atoms with van der Waals surface area (Å²) in [6.45, 7) is 16.5. The lowest BCUT2D eigenvalue weighted by Gasteiger charge is -2.21. The second-order valence-electron chi connectivity index (χ2n) is 7.16. The molecule has 0 saturated heterocycles. The average Bonchev–Trinajstić information content (AvgIpc) is 2.57. The summed E-state index contributed by atoms with van der Waals surface area (Å²) in [5.74, 6) is 0.670. The summed E-state index contributed by atoms with van der Waals surface area (Å²) >= 11 is 0. The summed E-state index contributed by atoms with van der Waals surface area (Å²) in [6, 6.07) is 0. The molecular weight excluding hydrogens is 322 g/mol. The first kappa shape index (κ1) is 24.8. The van der Waals surface area contributed by atoms with Gasteiger partial charge in [0.15, 0.2) is 0 Å². The Morgan fingerprint density at radius 3 is 1.48 bits per heavy atom. The van der Waals surface area contributed by atoms with Crippen LogP contribution in [0, 0.1) is 5.92 Å². The summed E-state index contributed by atoms with van der Waals surface area (Å²) in [6.07, 6.45) is 1.24. The Morgan fingerprint density at radius 1 is 0.600 bits per heavy atom. The Labute approximate surface area is 154 Å². The van der Waals surface area contributed by atoms with Crippen LogP contribution in [0.15, 0.2) is 0 Å². The molecule has 2 N–H and O–H groups in total. The molecule has 4 unspecified atom stereocenters. The monoisotopic (exact) mass is 363 g/mol. The molecule has 0 aliphatic carbocycles. The molecule has 0 amide bonds. The van der Waals surface area contributed by atoms with Gasteiger partial charge in [-0.25, -0.2) is 0 Å². The van der Waals surface area contributed by atoms with E-state index in [4.69, 9.17) is 29.4 Å². The lowest BCUT2D eigenvalue weighted by molar-refractivity contribution is -0.0918. The molecule has 25 heavy (non-hydrogen) atoms. The first-order valence-corrected chi connectivity index (χ1v) is 9.59. The van der Waals surface area contributed by atoms with E-state index in [-0.39, 0.29) is 24.4 Å². The minimum atomic E-state index is 0.0168. The summed E-state index contributed by atoms with van der Waals surface area (Å²) in [5, 5.41) is 0. The zero-order valence-corrected chi connectivity index (χ0v) is 17.2. The van der Waals surface area contributed by atoms with Gasteiger partial charge in [0, 0.05) is 13.2 Å². The Balaban J connectivity index is 3.62. The van der Waals surface area contributed by atoms with E-state index in [1.807, 2.05) is 27.7 Å². The van der Waals surface area contributed by atoms with Crippen LogP contribution in [0.1, 0.15) is 48.0 Å². The molecule has 4 atom stereocenters. The highest BCUT2D eigenvalue weighted by molar-refractivity contribution is 4.57. The van der Waals surface area contributed by atoms with E-state index >= 15 is 0 Å². The maximum absolute atomic E-state index is 5.77. The summed E-state index contributed by atoms with van der Waals surface area (Å²) in [7, 11) is 0. The van der Waals surface area contributed by atoms with E-state index < -0.39 is 0 Å². The van der Waals surface area contributed by atoms with Gasteiger partial charge in [0.25, 0.3) is 0 Å². The second kappa shape index (κ2) is 16.0. The van der Waals surface area contributed by atoms with E-state index in [0.29, 0.717) is 45.5 Å². The summed E-state index contributed by atoms with van der Waals surface area (Å²) in [4.78, 5) is 0. The third-order valence-electron chi connectivity index (χ3n) is 3.56. The van der Waals surface area contributed by atoms with Gasteiger partial charge in [-0.2, -0.15) is 0 Å². The fourth-order valence-corrected chi connectivity index (χ4v) is 1.93. The SMILES string of the molecule is CC(C)CCOCC(C)OCC(C)OCC(C)OCC(C)OCCN. The zero-order chi connectivity index (χ0) is 19.1. The van der Waals surface area contributed by atoms with Crippen molar-refractivity contribution in [2.24, 2.45) is 11.7 Å². The first-order valence-electron chi connectivity index (χ1n) is 9.59. The molecule has 0 radical (unpaired) electrons. The Bertz CT molecular complexity index is 291. The average molecular weight is 364 g/mol. The van der Waals surface area contributed by atoms with Crippen LogP contribution < -0.4 is 5.73 Å². The molecule has 0 aliphatic rings. The van der Waals surface area contributed by atoms with Gasteiger partial charge in [-0.1, -0.05) is 13.8 Å². The van der Waals surface area contributed by atoms with Gasteiger partial charge in [-0.05, 0) is 40.0 Å². The van der Waals surface area contributed by atoms with Crippen molar-refractivity contribution >= 4 is 0 Å². The molecule has 152 valence electrons. The number of ether oxygens (including phenoxy) is 5. The smallest absolute Gasteiger partial charge is 0.0781 e. The molecule has 0 spiro atoms. The molecule has 0 heterocycles. The maximum Gasteiger partial charge on any atom is 0.0781 e. The van der Waals surface area contributed by atoms with Crippen LogP contribution in [-0.4, -0.2) is 70.6 Å². The van der Waals surface area contributed by atoms with Crippen molar-refractivity contribution in [3.05, 3.63) is 0 Å². The third-order valence-corrected chi connectivity index (χ3v) is 3.56. The van der Waals surface area contributed by atoms with Gasteiger partial charge >= 0.3 is 0 Å². The van der Waals surface area contributed by atoms with E-state index in [0.717, 1.165) is 13.0 Å². The molecule has 0 fully saturated rings. The fourth-order valence-electron chi connectivity index (χ4n) is 1.93. The van der Waals surface area contributed by atoms with Crippen LogP contribution in [0.25, 0.3) is 0 Å². The number of hydrogen-bond donors (Lipinski definition) is 1. The standard InChI is InChI=1S/C19H41NO5/c1-15(2)7-9-21-11-16(3)23-13-18(5)25-14-19(6)24-12-17(4)22-10-8-20/h15-19H,7-14,20H2,1-6H3. The minimum Gasteiger partial charge on any atom is -0.379 e. The molecule has 6 nitrogen and oxygen atoms in total. The maximum atomic E-state index is 5.77. The van der Waals surface area contributed by atoms with Crippen molar-refractivity contribution in [2.75, 3.05) is 46.2 Å². The van der Waals surface area contributed by atoms with Crippen LogP contribution in [-0.2, 0) is 23.7 Å². The van der Waals surface area contributed by atoms with Crippen molar-refractivity contribution < 1.29 is 23.7 Å². The molecular formula is C19H41NO5. The molecule has 0 aromatic heterocycles. The Hall–Kier alpha value is -0.240. The van der Waals surface area contributed by atoms with Crippen molar-refractivity contribution in [2.45, 2.75) is 72.4 Å². The van der Waals surface area contributed by atoms with Gasteiger partial charge in [0.2, 0.25) is 0 Å². The number of nitrogens with two attached hydrogens (primary N) is 1. The highest BCUT2D eigenvalue weighted by Gasteiger charge is 2.11. The topological polar surface area (TPSA) is 72.2 Å². The van der Waals surface area contributed by atoms with Crippen LogP contribution in [0.2, 0.25) is 0 Å². The van der Waals surface area contributed by atoms with Crippen molar-refractivity contribution in [3.8, 4) is 0 Å². The predicted molar refractivity (Wildman–Crippen MR) is 101 cm³/mol. The van der Waals surface area contributed by atoms with Gasteiger partial charge in [-0.15, -0.1) is 0 Å². The third kappa shape index (κ3) is 17.0. The van der Waals surface area contributed by atoms with E-state index in [1.165, 1.54) is 0 Å². The Morgan fingerprint density at radius 2 is 1.04 bits per heavy atom. The van der Waals surface area contributed by atoms with Gasteiger partial charge in [0.1, 0.15) is 0 Å². The summed E-state index contributed by atoms with van der Waals surface area (Å²) < 4.78 is 28.3. The minimum absolute atomic E-state index is 0.0168. The van der Waals surface area contributed by atoms with E-state index in [9.17, 15) is 0 Å². The highest BCUT2D eigenvalue weighted by atomic mass is 16.6. The lowest BCUT2D eigenvalue weighted by atomic mass is 10.1. The normalized spacial score (nSPS) is 16.8. The number of hydrogen-bond acceptors (Lipinski definition) is 6. The molecule has 0 bridgehead atoms. The molecule has 0 aromatic rings. The van der Waals surface area contributed by atoms with Crippen LogP contribution in [0.3, 0.4) is 0 Å². The molecule has 6 heteroatoms. The predicted octanol–water partition coefficient (Wildman–Crippen LogP) is 2.63. The largest absolute Gasteiger partial charge is 0.379 e. The molecule has 0 rings (SSSR count). The molecule has 0 aliphatic heterocycles. The highest BCUT2D eigenvalue weighted by Crippen LogP contribution is 2.03. The van der Waals surface area contributed by atoms with E-state index in [2.05, 4.69) is 13.8 Å². The van der Waals surface area contributed by atoms with Crippen LogP contribution >= 0.6 is 0 Å². The summed E-state index contributed by atoms with van der Waals surface area (Å²) in [5.41, 5.74) is 5.40. The lowest BCUT2D eigenvalue weighted by Crippen LogP contribution is -2.28. The quantitative estimate of drug-likeness (QED) is 0.401. The van der Waals surface area contributed by atoms with Gasteiger partial charge in [0.05, 0.1) is 57.5 Å². The van der Waals surface area contributed by atoms with Crippen molar-refractivity contribution in [1.82, 2.24) is 0 Å². The van der Waals surface area contributed by atoms with Crippen molar-refractivity contribution in [3.63, 3.8) is 0 Å². The van der Waals surface area contributed by atoms with Gasteiger partial charge < -0.3 is 29.4 Å². The molecule has 0 aromatic carbocycles. The second-order valence-corrected chi connectivity index (χ2v) is 7.16. The van der Waals surface area contributed by atoms with Crippen LogP contribution in [0.4, 0.5) is 0 Å². The Kier molecular flexibility index (Phi) is 15.8. The fraction of sp³-hybridized carbons (Fsp3) is 1.00.